The lowest BCUT2D eigenvalue weighted by Crippen LogP contribution is -2.10. The lowest BCUT2D eigenvalue weighted by molar-refractivity contribution is -0.140. The molecule has 1 aliphatic rings. The van der Waals surface area contributed by atoms with Gasteiger partial charge in [-0.05, 0) is 44.6 Å². The Bertz CT molecular complexity index is 547. The van der Waals surface area contributed by atoms with Gasteiger partial charge in [0.2, 0.25) is 0 Å². The summed E-state index contributed by atoms with van der Waals surface area (Å²) >= 11 is 0. The fourth-order valence-electron chi connectivity index (χ4n) is 4.00. The Morgan fingerprint density at radius 2 is 1.19 bits per heavy atom. The number of esters is 2. The average Bonchev–Trinajstić information content (AvgIpc) is 2.77. The Labute approximate surface area is 190 Å². The number of allylic oxidation sites excluding steroid dienone is 1. The average molecular weight is 435 g/mol. The summed E-state index contributed by atoms with van der Waals surface area (Å²) in [7, 11) is 0. The molecule has 0 aromatic rings. The molecule has 0 fully saturated rings. The Kier molecular flexibility index (Phi) is 16.9. The quantitative estimate of drug-likeness (QED) is 0.0964. The van der Waals surface area contributed by atoms with E-state index in [1.165, 1.54) is 100 Å². The van der Waals surface area contributed by atoms with Crippen LogP contribution in [0.4, 0.5) is 0 Å². The summed E-state index contributed by atoms with van der Waals surface area (Å²) in [4.78, 5) is 23.5. The van der Waals surface area contributed by atoms with Gasteiger partial charge in [-0.15, -0.1) is 0 Å². The first-order valence-corrected chi connectivity index (χ1v) is 12.8. The van der Waals surface area contributed by atoms with Gasteiger partial charge >= 0.3 is 11.9 Å². The van der Waals surface area contributed by atoms with Crippen LogP contribution in [0.25, 0.3) is 0 Å². The van der Waals surface area contributed by atoms with Crippen molar-refractivity contribution in [3.63, 3.8) is 0 Å². The summed E-state index contributed by atoms with van der Waals surface area (Å²) in [6, 6.07) is 0. The Hall–Kier alpha value is -1.58. The first kappa shape index (κ1) is 27.5. The number of ether oxygens (including phenoxy) is 2. The van der Waals surface area contributed by atoms with Gasteiger partial charge in [0.15, 0.2) is 0 Å². The Morgan fingerprint density at radius 1 is 0.710 bits per heavy atom. The molecule has 31 heavy (non-hydrogen) atoms. The molecule has 0 saturated heterocycles. The molecule has 1 aliphatic carbocycles. The van der Waals surface area contributed by atoms with Crippen LogP contribution >= 0.6 is 0 Å². The third-order valence-corrected chi connectivity index (χ3v) is 6.12. The molecule has 0 aliphatic heterocycles. The maximum absolute atomic E-state index is 11.8. The molecular formula is C27H46O4. The van der Waals surface area contributed by atoms with E-state index in [1.54, 1.807) is 0 Å². The second-order valence-corrected chi connectivity index (χ2v) is 8.94. The number of rotatable bonds is 18. The van der Waals surface area contributed by atoms with Crippen LogP contribution in [0.3, 0.4) is 0 Å². The zero-order chi connectivity index (χ0) is 22.6. The van der Waals surface area contributed by atoms with Crippen LogP contribution in [0.2, 0.25) is 0 Å². The van der Waals surface area contributed by atoms with Crippen molar-refractivity contribution < 1.29 is 19.1 Å². The molecule has 0 saturated carbocycles. The van der Waals surface area contributed by atoms with E-state index in [1.807, 2.05) is 0 Å². The van der Waals surface area contributed by atoms with E-state index < -0.39 is 11.9 Å². The van der Waals surface area contributed by atoms with Gasteiger partial charge in [0.05, 0.1) is 6.61 Å². The molecule has 4 nitrogen and oxygen atoms in total. The lowest BCUT2D eigenvalue weighted by Gasteiger charge is -2.17. The third-order valence-electron chi connectivity index (χ3n) is 6.12. The van der Waals surface area contributed by atoms with Crippen LogP contribution in [0.1, 0.15) is 123 Å². The van der Waals surface area contributed by atoms with Crippen molar-refractivity contribution in [2.45, 2.75) is 123 Å². The van der Waals surface area contributed by atoms with Crippen LogP contribution in [0.5, 0.6) is 0 Å². The van der Waals surface area contributed by atoms with E-state index in [9.17, 15) is 9.59 Å². The van der Waals surface area contributed by atoms with E-state index in [4.69, 9.17) is 9.47 Å². The summed E-state index contributed by atoms with van der Waals surface area (Å²) in [5.74, 6) is -0.951. The minimum atomic E-state index is -0.483. The van der Waals surface area contributed by atoms with Crippen molar-refractivity contribution in [1.29, 1.82) is 0 Å². The van der Waals surface area contributed by atoms with Crippen molar-refractivity contribution >= 4 is 11.9 Å². The van der Waals surface area contributed by atoms with Crippen molar-refractivity contribution in [1.82, 2.24) is 0 Å². The molecule has 0 atom stereocenters. The number of unbranched alkanes of at least 4 members (excludes halogenated alkanes) is 12. The summed E-state index contributed by atoms with van der Waals surface area (Å²) in [6.45, 7) is 5.12. The summed E-state index contributed by atoms with van der Waals surface area (Å²) < 4.78 is 10.4. The van der Waals surface area contributed by atoms with Crippen LogP contribution < -0.4 is 0 Å². The molecule has 1 rings (SSSR count). The fraction of sp³-hybridized carbons (Fsp3) is 0.778. The first-order chi connectivity index (χ1) is 15.1. The molecule has 0 amide bonds. The zero-order valence-electron chi connectivity index (χ0n) is 20.2. The second kappa shape index (κ2) is 19.1. The molecule has 0 aromatic carbocycles. The van der Waals surface area contributed by atoms with E-state index >= 15 is 0 Å². The standard InChI is InChI=1S/C27H46O4/c1-3-4-5-6-7-8-9-10-11-12-13-14-17-22-30-26(28)20-21-27(29)31-23-25-19-16-15-18-24(25)2/h20-21H,3-19,22-23H2,1-2H3/b21-20+. The van der Waals surface area contributed by atoms with Crippen LogP contribution in [-0.4, -0.2) is 25.2 Å². The molecule has 0 bridgehead atoms. The number of hydrogen-bond acceptors (Lipinski definition) is 4. The zero-order valence-corrected chi connectivity index (χ0v) is 20.2. The predicted molar refractivity (Wildman–Crippen MR) is 128 cm³/mol. The van der Waals surface area contributed by atoms with E-state index in [2.05, 4.69) is 13.8 Å². The highest BCUT2D eigenvalue weighted by molar-refractivity contribution is 5.91. The topological polar surface area (TPSA) is 52.6 Å². The van der Waals surface area contributed by atoms with Gasteiger partial charge in [0.25, 0.3) is 0 Å². The minimum absolute atomic E-state index is 0.336. The SMILES string of the molecule is CCCCCCCCCCCCCCCOC(=O)/C=C/C(=O)OCC1=C(C)CCCC1. The maximum Gasteiger partial charge on any atom is 0.331 e. The Balaban J connectivity index is 1.91. The van der Waals surface area contributed by atoms with E-state index in [-0.39, 0.29) is 0 Å². The number of hydrogen-bond donors (Lipinski definition) is 0. The summed E-state index contributed by atoms with van der Waals surface area (Å²) in [5.41, 5.74) is 2.55. The molecule has 4 heteroatoms. The van der Waals surface area contributed by atoms with Crippen molar-refractivity contribution in [2.75, 3.05) is 13.2 Å². The Morgan fingerprint density at radius 3 is 1.74 bits per heavy atom. The van der Waals surface area contributed by atoms with Gasteiger partial charge in [-0.25, -0.2) is 9.59 Å². The van der Waals surface area contributed by atoms with Crippen LogP contribution in [0, 0.1) is 0 Å². The lowest BCUT2D eigenvalue weighted by atomic mass is 9.93. The second-order valence-electron chi connectivity index (χ2n) is 8.94. The minimum Gasteiger partial charge on any atom is -0.463 e. The largest absolute Gasteiger partial charge is 0.463 e. The molecule has 0 N–H and O–H groups in total. The van der Waals surface area contributed by atoms with Crippen molar-refractivity contribution in [3.8, 4) is 0 Å². The van der Waals surface area contributed by atoms with Gasteiger partial charge in [-0.1, -0.05) is 89.5 Å². The van der Waals surface area contributed by atoms with E-state index in [0.29, 0.717) is 13.2 Å². The van der Waals surface area contributed by atoms with Crippen molar-refractivity contribution in [3.05, 3.63) is 23.3 Å². The maximum atomic E-state index is 11.8. The van der Waals surface area contributed by atoms with Gasteiger partial charge in [-0.3, -0.25) is 0 Å². The molecular weight excluding hydrogens is 388 g/mol. The molecule has 178 valence electrons. The molecule has 0 heterocycles. The number of carbonyl (C=O) groups is 2. The normalized spacial score (nSPS) is 14.3. The number of carbonyl (C=O) groups excluding carboxylic acids is 2. The smallest absolute Gasteiger partial charge is 0.331 e. The van der Waals surface area contributed by atoms with Gasteiger partial charge in [0.1, 0.15) is 6.61 Å². The highest BCUT2D eigenvalue weighted by atomic mass is 16.5. The molecule has 0 radical (unpaired) electrons. The monoisotopic (exact) mass is 434 g/mol. The van der Waals surface area contributed by atoms with Gasteiger partial charge in [0, 0.05) is 12.2 Å². The van der Waals surface area contributed by atoms with Crippen LogP contribution in [-0.2, 0) is 19.1 Å². The van der Waals surface area contributed by atoms with Crippen LogP contribution in [0.15, 0.2) is 23.3 Å². The van der Waals surface area contributed by atoms with Gasteiger partial charge < -0.3 is 9.47 Å². The van der Waals surface area contributed by atoms with Crippen molar-refractivity contribution in [2.24, 2.45) is 0 Å². The highest BCUT2D eigenvalue weighted by Gasteiger charge is 2.10. The molecule has 0 spiro atoms. The highest BCUT2D eigenvalue weighted by Crippen LogP contribution is 2.24. The first-order valence-electron chi connectivity index (χ1n) is 12.8. The molecule has 0 unspecified atom stereocenters. The summed E-state index contributed by atoms with van der Waals surface area (Å²) in [6.07, 6.45) is 23.6. The summed E-state index contributed by atoms with van der Waals surface area (Å²) in [5, 5.41) is 0. The predicted octanol–water partition coefficient (Wildman–Crippen LogP) is 7.61. The van der Waals surface area contributed by atoms with Gasteiger partial charge in [-0.2, -0.15) is 0 Å². The fourth-order valence-corrected chi connectivity index (χ4v) is 4.00. The van der Waals surface area contributed by atoms with E-state index in [0.717, 1.165) is 32.1 Å². The third kappa shape index (κ3) is 15.8. The molecule has 0 aromatic heterocycles.